The summed E-state index contributed by atoms with van der Waals surface area (Å²) in [5.41, 5.74) is 0. The molecule has 0 aliphatic heterocycles. The number of ether oxygens (including phenoxy) is 2. The molecule has 0 aromatic rings. The second-order valence-electron chi connectivity index (χ2n) is 5.29. The highest BCUT2D eigenvalue weighted by Gasteiger charge is 2.32. The summed E-state index contributed by atoms with van der Waals surface area (Å²) in [4.78, 5) is 0. The Morgan fingerprint density at radius 2 is 1.78 bits per heavy atom. The molecule has 108 valence electrons. The molecule has 0 radical (unpaired) electrons. The van der Waals surface area contributed by atoms with Gasteiger partial charge >= 0.3 is 0 Å². The quantitative estimate of drug-likeness (QED) is 0.677. The number of hydrogen-bond donors (Lipinski definition) is 1. The van der Waals surface area contributed by atoms with E-state index in [1.54, 1.807) is 0 Å². The van der Waals surface area contributed by atoms with Crippen LogP contribution in [-0.4, -0.2) is 32.6 Å². The monoisotopic (exact) mass is 257 g/mol. The first kappa shape index (κ1) is 15.9. The first-order chi connectivity index (χ1) is 8.76. The van der Waals surface area contributed by atoms with Gasteiger partial charge in [0.25, 0.3) is 0 Å². The van der Waals surface area contributed by atoms with Gasteiger partial charge in [0.1, 0.15) is 0 Å². The Kier molecular flexibility index (Phi) is 7.87. The van der Waals surface area contributed by atoms with Crippen molar-refractivity contribution in [2.24, 2.45) is 11.8 Å². The summed E-state index contributed by atoms with van der Waals surface area (Å²) in [6.45, 7) is 7.81. The molecule has 3 atom stereocenters. The van der Waals surface area contributed by atoms with E-state index in [0.29, 0.717) is 25.2 Å². The molecule has 3 nitrogen and oxygen atoms in total. The maximum Gasteiger partial charge on any atom is 0.172 e. The molecule has 1 aliphatic carbocycles. The van der Waals surface area contributed by atoms with Crippen LogP contribution in [0.15, 0.2) is 0 Å². The van der Waals surface area contributed by atoms with E-state index in [2.05, 4.69) is 12.2 Å². The van der Waals surface area contributed by atoms with Crippen molar-refractivity contribution in [3.8, 4) is 0 Å². The van der Waals surface area contributed by atoms with Gasteiger partial charge < -0.3 is 14.8 Å². The fourth-order valence-corrected chi connectivity index (χ4v) is 3.21. The third-order valence-corrected chi connectivity index (χ3v) is 4.20. The van der Waals surface area contributed by atoms with Crippen molar-refractivity contribution in [3.63, 3.8) is 0 Å². The Morgan fingerprint density at radius 1 is 1.11 bits per heavy atom. The first-order valence-electron chi connectivity index (χ1n) is 7.67. The van der Waals surface area contributed by atoms with E-state index in [1.165, 1.54) is 32.1 Å². The van der Waals surface area contributed by atoms with E-state index in [0.717, 1.165) is 5.92 Å². The number of likely N-dealkylation sites (N-methyl/N-ethyl adjacent to an activating group) is 1. The van der Waals surface area contributed by atoms with Gasteiger partial charge in [-0.15, -0.1) is 0 Å². The number of hydrogen-bond acceptors (Lipinski definition) is 3. The third kappa shape index (κ3) is 4.52. The average Bonchev–Trinajstić information content (AvgIpc) is 2.40. The van der Waals surface area contributed by atoms with Crippen molar-refractivity contribution in [2.45, 2.75) is 65.2 Å². The predicted molar refractivity (Wildman–Crippen MR) is 75.6 cm³/mol. The molecule has 1 N–H and O–H groups in total. The zero-order chi connectivity index (χ0) is 13.4. The van der Waals surface area contributed by atoms with Gasteiger partial charge in [-0.2, -0.15) is 0 Å². The van der Waals surface area contributed by atoms with Crippen LogP contribution in [0.25, 0.3) is 0 Å². The van der Waals surface area contributed by atoms with Crippen molar-refractivity contribution in [2.75, 3.05) is 20.3 Å². The van der Waals surface area contributed by atoms with Crippen LogP contribution < -0.4 is 5.32 Å². The number of rotatable bonds is 8. The second-order valence-corrected chi connectivity index (χ2v) is 5.29. The van der Waals surface area contributed by atoms with Gasteiger partial charge in [-0.25, -0.2) is 0 Å². The van der Waals surface area contributed by atoms with Crippen LogP contribution in [-0.2, 0) is 9.47 Å². The van der Waals surface area contributed by atoms with Gasteiger partial charge in [0.2, 0.25) is 0 Å². The SMILES string of the molecule is CCOC(OCC)C(NC)C1CCCC(CC)C1. The molecule has 0 spiro atoms. The van der Waals surface area contributed by atoms with Crippen molar-refractivity contribution in [3.05, 3.63) is 0 Å². The summed E-state index contributed by atoms with van der Waals surface area (Å²) in [6, 6.07) is 0.333. The number of nitrogens with one attached hydrogen (secondary N) is 1. The normalized spacial score (nSPS) is 26.5. The zero-order valence-corrected chi connectivity index (χ0v) is 12.6. The molecule has 0 aromatic carbocycles. The predicted octanol–water partition coefficient (Wildman–Crippen LogP) is 3.19. The maximum atomic E-state index is 5.77. The van der Waals surface area contributed by atoms with E-state index in [-0.39, 0.29) is 6.29 Å². The van der Waals surface area contributed by atoms with Crippen LogP contribution in [0, 0.1) is 11.8 Å². The van der Waals surface area contributed by atoms with Gasteiger partial charge in [0.15, 0.2) is 6.29 Å². The Morgan fingerprint density at radius 3 is 2.28 bits per heavy atom. The average molecular weight is 257 g/mol. The Labute approximate surface area is 113 Å². The highest BCUT2D eigenvalue weighted by Crippen LogP contribution is 2.34. The Bertz CT molecular complexity index is 205. The van der Waals surface area contributed by atoms with E-state index in [1.807, 2.05) is 20.9 Å². The van der Waals surface area contributed by atoms with Crippen LogP contribution in [0.4, 0.5) is 0 Å². The van der Waals surface area contributed by atoms with E-state index in [9.17, 15) is 0 Å². The lowest BCUT2D eigenvalue weighted by Gasteiger charge is -2.37. The minimum Gasteiger partial charge on any atom is -0.351 e. The lowest BCUT2D eigenvalue weighted by molar-refractivity contribution is -0.164. The Hall–Kier alpha value is -0.120. The second kappa shape index (κ2) is 8.89. The van der Waals surface area contributed by atoms with E-state index in [4.69, 9.17) is 9.47 Å². The van der Waals surface area contributed by atoms with Crippen molar-refractivity contribution in [1.82, 2.24) is 5.32 Å². The molecule has 1 saturated carbocycles. The van der Waals surface area contributed by atoms with Crippen molar-refractivity contribution < 1.29 is 9.47 Å². The lowest BCUT2D eigenvalue weighted by Crippen LogP contribution is -2.47. The van der Waals surface area contributed by atoms with E-state index < -0.39 is 0 Å². The van der Waals surface area contributed by atoms with Crippen molar-refractivity contribution >= 4 is 0 Å². The topological polar surface area (TPSA) is 30.5 Å². The van der Waals surface area contributed by atoms with Crippen LogP contribution in [0.5, 0.6) is 0 Å². The van der Waals surface area contributed by atoms with Gasteiger partial charge in [-0.3, -0.25) is 0 Å². The van der Waals surface area contributed by atoms with E-state index >= 15 is 0 Å². The van der Waals surface area contributed by atoms with Gasteiger partial charge in [0, 0.05) is 13.2 Å². The largest absolute Gasteiger partial charge is 0.351 e. The molecule has 0 amide bonds. The van der Waals surface area contributed by atoms with Crippen LogP contribution >= 0.6 is 0 Å². The summed E-state index contributed by atoms with van der Waals surface area (Å²) in [5.74, 6) is 1.58. The fourth-order valence-electron chi connectivity index (χ4n) is 3.21. The Balaban J connectivity index is 2.60. The van der Waals surface area contributed by atoms with Gasteiger partial charge in [0.05, 0.1) is 6.04 Å². The van der Waals surface area contributed by atoms with Crippen LogP contribution in [0.1, 0.15) is 52.9 Å². The molecule has 0 bridgehead atoms. The van der Waals surface area contributed by atoms with Crippen LogP contribution in [0.2, 0.25) is 0 Å². The summed E-state index contributed by atoms with van der Waals surface area (Å²) in [7, 11) is 2.03. The highest BCUT2D eigenvalue weighted by molar-refractivity contribution is 4.84. The summed E-state index contributed by atoms with van der Waals surface area (Å²) in [6.07, 6.45) is 6.59. The first-order valence-corrected chi connectivity index (χ1v) is 7.67. The van der Waals surface area contributed by atoms with Gasteiger partial charge in [-0.05, 0) is 45.6 Å². The zero-order valence-electron chi connectivity index (χ0n) is 12.6. The molecular weight excluding hydrogens is 226 g/mol. The summed E-state index contributed by atoms with van der Waals surface area (Å²) < 4.78 is 11.5. The molecule has 0 aromatic heterocycles. The molecular formula is C15H31NO2. The smallest absolute Gasteiger partial charge is 0.172 e. The third-order valence-electron chi connectivity index (χ3n) is 4.20. The highest BCUT2D eigenvalue weighted by atomic mass is 16.7. The minimum atomic E-state index is -0.0920. The maximum absolute atomic E-state index is 5.77. The molecule has 0 saturated heterocycles. The fraction of sp³-hybridized carbons (Fsp3) is 1.00. The van der Waals surface area contributed by atoms with Crippen LogP contribution in [0.3, 0.4) is 0 Å². The summed E-state index contributed by atoms with van der Waals surface area (Å²) in [5, 5.41) is 3.44. The lowest BCUT2D eigenvalue weighted by atomic mass is 9.76. The standard InChI is InChI=1S/C15H31NO2/c1-5-12-9-8-10-13(11-12)14(16-4)15(17-6-2)18-7-3/h12-16H,5-11H2,1-4H3. The van der Waals surface area contributed by atoms with Gasteiger partial charge in [-0.1, -0.05) is 26.2 Å². The molecule has 1 rings (SSSR count). The van der Waals surface area contributed by atoms with Crippen molar-refractivity contribution in [1.29, 1.82) is 0 Å². The molecule has 0 heterocycles. The molecule has 3 heteroatoms. The summed E-state index contributed by atoms with van der Waals surface area (Å²) >= 11 is 0. The molecule has 1 fully saturated rings. The molecule has 3 unspecified atom stereocenters. The molecule has 1 aliphatic rings. The molecule has 18 heavy (non-hydrogen) atoms. The minimum absolute atomic E-state index is 0.0920.